The van der Waals surface area contributed by atoms with Crippen LogP contribution in [0.5, 0.6) is 0 Å². The van der Waals surface area contributed by atoms with Crippen LogP contribution in [-0.2, 0) is 10.1 Å². The Labute approximate surface area is 67.9 Å². The maximum absolute atomic E-state index is 10.4. The Balaban J connectivity index is 4.37. The van der Waals surface area contributed by atoms with Crippen LogP contribution in [-0.4, -0.2) is 18.7 Å². The van der Waals surface area contributed by atoms with Gasteiger partial charge in [-0.2, -0.15) is 8.42 Å². The first-order valence-electron chi connectivity index (χ1n) is 3.36. The van der Waals surface area contributed by atoms with Crippen LogP contribution in [0.1, 0.15) is 20.8 Å². The highest BCUT2D eigenvalue weighted by molar-refractivity contribution is 7.85. The molecule has 0 saturated heterocycles. The number of hydrogen-bond donors (Lipinski definition) is 1. The summed E-state index contributed by atoms with van der Waals surface area (Å²) in [5, 5.41) is 0. The van der Waals surface area contributed by atoms with E-state index in [0.29, 0.717) is 0 Å². The zero-order valence-corrected chi connectivity index (χ0v) is 7.85. The maximum Gasteiger partial charge on any atom is 0.265 e. The summed E-state index contributed by atoms with van der Waals surface area (Å²) >= 11 is 0. The fourth-order valence-corrected chi connectivity index (χ4v) is 2.01. The highest BCUT2D eigenvalue weighted by Crippen LogP contribution is 2.18. The average molecular weight is 178 g/mol. The number of hydrogen-bond acceptors (Lipinski definition) is 2. The minimum absolute atomic E-state index is 0.232. The topological polar surface area (TPSA) is 54.4 Å². The third kappa shape index (κ3) is 6.06. The van der Waals surface area contributed by atoms with E-state index < -0.39 is 15.5 Å². The van der Waals surface area contributed by atoms with Crippen molar-refractivity contribution in [2.24, 2.45) is 5.41 Å². The zero-order chi connectivity index (χ0) is 9.12. The molecular formula is C7H14O3S. The highest BCUT2D eigenvalue weighted by atomic mass is 32.2. The minimum atomic E-state index is -3.86. The van der Waals surface area contributed by atoms with Gasteiger partial charge in [-0.3, -0.25) is 4.55 Å². The standard InChI is InChI=1S/C7H14O3S/c1-4-5-7(2,3)6-11(8,9)10/h4-5H,6H2,1-3H3,(H,8,9,10). The number of allylic oxidation sites excluding steroid dienone is 2. The molecule has 0 rings (SSSR count). The first kappa shape index (κ1) is 10.7. The lowest BCUT2D eigenvalue weighted by Crippen LogP contribution is -2.21. The molecule has 0 aliphatic heterocycles. The van der Waals surface area contributed by atoms with Gasteiger partial charge in [-0.25, -0.2) is 0 Å². The minimum Gasteiger partial charge on any atom is -0.286 e. The summed E-state index contributed by atoms with van der Waals surface area (Å²) in [7, 11) is -3.86. The van der Waals surface area contributed by atoms with Gasteiger partial charge in [0, 0.05) is 0 Å². The zero-order valence-electron chi connectivity index (χ0n) is 7.03. The molecule has 0 aliphatic carbocycles. The molecule has 0 aromatic heterocycles. The third-order valence-corrected chi connectivity index (χ3v) is 2.28. The van der Waals surface area contributed by atoms with Crippen molar-refractivity contribution >= 4 is 10.1 Å². The molecule has 11 heavy (non-hydrogen) atoms. The summed E-state index contributed by atoms with van der Waals surface area (Å²) in [6.07, 6.45) is 3.52. The van der Waals surface area contributed by atoms with E-state index in [1.807, 2.05) is 6.92 Å². The van der Waals surface area contributed by atoms with Crippen molar-refractivity contribution in [1.82, 2.24) is 0 Å². The first-order chi connectivity index (χ1) is 4.77. The van der Waals surface area contributed by atoms with Crippen molar-refractivity contribution in [3.63, 3.8) is 0 Å². The van der Waals surface area contributed by atoms with Crippen LogP contribution in [0.2, 0.25) is 0 Å². The lowest BCUT2D eigenvalue weighted by Gasteiger charge is -2.16. The van der Waals surface area contributed by atoms with Crippen molar-refractivity contribution in [3.05, 3.63) is 12.2 Å². The summed E-state index contributed by atoms with van der Waals surface area (Å²) in [5.41, 5.74) is -0.484. The van der Waals surface area contributed by atoms with Crippen molar-refractivity contribution in [3.8, 4) is 0 Å². The molecule has 3 nitrogen and oxygen atoms in total. The normalized spacial score (nSPS) is 14.2. The van der Waals surface area contributed by atoms with E-state index in [2.05, 4.69) is 0 Å². The van der Waals surface area contributed by atoms with Gasteiger partial charge >= 0.3 is 0 Å². The third-order valence-electron chi connectivity index (χ3n) is 1.17. The van der Waals surface area contributed by atoms with E-state index in [0.717, 1.165) is 0 Å². The van der Waals surface area contributed by atoms with Crippen LogP contribution < -0.4 is 0 Å². The Kier molecular flexibility index (Phi) is 3.26. The van der Waals surface area contributed by atoms with Crippen molar-refractivity contribution in [1.29, 1.82) is 0 Å². The molecule has 1 N–H and O–H groups in total. The Morgan fingerprint density at radius 1 is 1.45 bits per heavy atom. The fourth-order valence-electron chi connectivity index (χ4n) is 0.969. The van der Waals surface area contributed by atoms with Crippen LogP contribution >= 0.6 is 0 Å². The SMILES string of the molecule is CC=CC(C)(C)CS(=O)(=O)O. The van der Waals surface area contributed by atoms with Gasteiger partial charge in [0.05, 0.1) is 5.75 Å². The Bertz CT molecular complexity index is 236. The lowest BCUT2D eigenvalue weighted by atomic mass is 9.96. The van der Waals surface area contributed by atoms with Crippen LogP contribution in [0, 0.1) is 5.41 Å². The van der Waals surface area contributed by atoms with E-state index in [1.165, 1.54) is 0 Å². The van der Waals surface area contributed by atoms with Crippen LogP contribution in [0.15, 0.2) is 12.2 Å². The van der Waals surface area contributed by atoms with Crippen LogP contribution in [0.3, 0.4) is 0 Å². The summed E-state index contributed by atoms with van der Waals surface area (Å²) in [6.45, 7) is 5.31. The van der Waals surface area contributed by atoms with Crippen molar-refractivity contribution in [2.75, 3.05) is 5.75 Å². The van der Waals surface area contributed by atoms with Gasteiger partial charge in [0.1, 0.15) is 0 Å². The fraction of sp³-hybridized carbons (Fsp3) is 0.714. The smallest absolute Gasteiger partial charge is 0.265 e. The summed E-state index contributed by atoms with van der Waals surface area (Å²) < 4.78 is 29.4. The Morgan fingerprint density at radius 3 is 2.18 bits per heavy atom. The molecule has 0 amide bonds. The number of rotatable bonds is 3. The van der Waals surface area contributed by atoms with Gasteiger partial charge in [0.2, 0.25) is 0 Å². The van der Waals surface area contributed by atoms with E-state index in [4.69, 9.17) is 4.55 Å². The molecular weight excluding hydrogens is 164 g/mol. The molecule has 0 unspecified atom stereocenters. The molecule has 4 heteroatoms. The van der Waals surface area contributed by atoms with Gasteiger partial charge in [0.25, 0.3) is 10.1 Å². The highest BCUT2D eigenvalue weighted by Gasteiger charge is 2.21. The average Bonchev–Trinajstić information content (AvgIpc) is 1.55. The predicted molar refractivity (Wildman–Crippen MR) is 45.0 cm³/mol. The first-order valence-corrected chi connectivity index (χ1v) is 4.97. The molecule has 0 radical (unpaired) electrons. The molecule has 66 valence electrons. The van der Waals surface area contributed by atoms with Crippen LogP contribution in [0.4, 0.5) is 0 Å². The van der Waals surface area contributed by atoms with Gasteiger partial charge in [-0.1, -0.05) is 26.0 Å². The summed E-state index contributed by atoms with van der Waals surface area (Å²) in [5.74, 6) is -0.232. The largest absolute Gasteiger partial charge is 0.286 e. The van der Waals surface area contributed by atoms with E-state index >= 15 is 0 Å². The van der Waals surface area contributed by atoms with Crippen molar-refractivity contribution < 1.29 is 13.0 Å². The molecule has 0 saturated carbocycles. The van der Waals surface area contributed by atoms with Gasteiger partial charge in [-0.05, 0) is 12.3 Å². The molecule has 0 aliphatic rings. The predicted octanol–water partition coefficient (Wildman–Crippen LogP) is 1.48. The second-order valence-electron chi connectivity index (χ2n) is 3.21. The lowest BCUT2D eigenvalue weighted by molar-refractivity contribution is 0.449. The Hall–Kier alpha value is -0.350. The summed E-state index contributed by atoms with van der Waals surface area (Å²) in [6, 6.07) is 0. The van der Waals surface area contributed by atoms with E-state index in [9.17, 15) is 8.42 Å². The maximum atomic E-state index is 10.4. The van der Waals surface area contributed by atoms with Crippen LogP contribution in [0.25, 0.3) is 0 Å². The molecule has 0 heterocycles. The molecule has 0 atom stereocenters. The molecule has 0 spiro atoms. The monoisotopic (exact) mass is 178 g/mol. The second-order valence-corrected chi connectivity index (χ2v) is 4.67. The van der Waals surface area contributed by atoms with E-state index in [1.54, 1.807) is 26.0 Å². The summed E-state index contributed by atoms with van der Waals surface area (Å²) in [4.78, 5) is 0. The van der Waals surface area contributed by atoms with Gasteiger partial charge in [0.15, 0.2) is 0 Å². The molecule has 0 fully saturated rings. The van der Waals surface area contributed by atoms with E-state index in [-0.39, 0.29) is 5.75 Å². The molecule has 0 bridgehead atoms. The van der Waals surface area contributed by atoms with Gasteiger partial charge in [-0.15, -0.1) is 0 Å². The van der Waals surface area contributed by atoms with Gasteiger partial charge < -0.3 is 0 Å². The Morgan fingerprint density at radius 2 is 1.91 bits per heavy atom. The molecule has 0 aromatic carbocycles. The van der Waals surface area contributed by atoms with Crippen molar-refractivity contribution in [2.45, 2.75) is 20.8 Å². The quantitative estimate of drug-likeness (QED) is 0.526. The second kappa shape index (κ2) is 3.36. The molecule has 0 aromatic rings.